The van der Waals surface area contributed by atoms with Gasteiger partial charge in [0.25, 0.3) is 0 Å². The zero-order chi connectivity index (χ0) is 13.8. The number of rotatable bonds is 5. The molecule has 1 saturated carbocycles. The molecule has 0 heterocycles. The number of likely N-dealkylation sites (N-methyl/N-ethyl adjacent to an activating group) is 1. The van der Waals surface area contributed by atoms with Gasteiger partial charge in [0.15, 0.2) is 0 Å². The van der Waals surface area contributed by atoms with Crippen molar-refractivity contribution in [1.82, 2.24) is 5.32 Å². The molecule has 1 aromatic carbocycles. The predicted molar refractivity (Wildman–Crippen MR) is 81.8 cm³/mol. The van der Waals surface area contributed by atoms with Crippen molar-refractivity contribution >= 4 is 15.9 Å². The van der Waals surface area contributed by atoms with Crippen molar-refractivity contribution in [3.63, 3.8) is 0 Å². The van der Waals surface area contributed by atoms with Crippen LogP contribution in [0.3, 0.4) is 0 Å². The van der Waals surface area contributed by atoms with Crippen LogP contribution in [0.15, 0.2) is 22.7 Å². The molecule has 0 amide bonds. The van der Waals surface area contributed by atoms with E-state index in [-0.39, 0.29) is 5.82 Å². The summed E-state index contributed by atoms with van der Waals surface area (Å²) >= 11 is 3.48. The Morgan fingerprint density at radius 3 is 2.79 bits per heavy atom. The molecule has 3 atom stereocenters. The Bertz CT molecular complexity index is 421. The quantitative estimate of drug-likeness (QED) is 0.836. The van der Waals surface area contributed by atoms with Gasteiger partial charge in [0.05, 0.1) is 0 Å². The molecule has 1 nitrogen and oxygen atoms in total. The molecule has 1 aromatic rings. The highest BCUT2D eigenvalue weighted by Gasteiger charge is 2.30. The Hall–Kier alpha value is -0.410. The topological polar surface area (TPSA) is 12.0 Å². The Kier molecular flexibility index (Phi) is 5.40. The molecule has 2 rings (SSSR count). The van der Waals surface area contributed by atoms with Gasteiger partial charge in [-0.1, -0.05) is 48.7 Å². The SMILES string of the molecule is CCNC(Cc1ccc(F)cc1Br)C1CCCC1C. The third-order valence-electron chi connectivity index (χ3n) is 4.37. The van der Waals surface area contributed by atoms with Gasteiger partial charge in [0.2, 0.25) is 0 Å². The summed E-state index contributed by atoms with van der Waals surface area (Å²) in [6.07, 6.45) is 4.98. The molecule has 1 aliphatic carbocycles. The first-order chi connectivity index (χ1) is 9.11. The minimum atomic E-state index is -0.176. The second-order valence-corrected chi connectivity index (χ2v) is 6.53. The maximum absolute atomic E-state index is 13.2. The number of halogens is 2. The number of benzene rings is 1. The molecule has 1 N–H and O–H groups in total. The van der Waals surface area contributed by atoms with Crippen LogP contribution in [0.25, 0.3) is 0 Å². The summed E-state index contributed by atoms with van der Waals surface area (Å²) in [5, 5.41) is 3.63. The molecule has 0 aliphatic heterocycles. The van der Waals surface area contributed by atoms with Gasteiger partial charge in [-0.3, -0.25) is 0 Å². The van der Waals surface area contributed by atoms with E-state index in [1.807, 2.05) is 6.07 Å². The van der Waals surface area contributed by atoms with Crippen LogP contribution in [0.2, 0.25) is 0 Å². The van der Waals surface area contributed by atoms with E-state index in [0.29, 0.717) is 6.04 Å². The van der Waals surface area contributed by atoms with Crippen LogP contribution in [-0.2, 0) is 6.42 Å². The van der Waals surface area contributed by atoms with Crippen LogP contribution in [0.4, 0.5) is 4.39 Å². The van der Waals surface area contributed by atoms with Gasteiger partial charge < -0.3 is 5.32 Å². The normalized spacial score (nSPS) is 24.6. The summed E-state index contributed by atoms with van der Waals surface area (Å²) in [4.78, 5) is 0. The molecular formula is C16H23BrFN. The molecule has 3 heteroatoms. The molecule has 106 valence electrons. The van der Waals surface area contributed by atoms with Gasteiger partial charge in [-0.05, 0) is 48.9 Å². The molecule has 0 radical (unpaired) electrons. The van der Waals surface area contributed by atoms with E-state index >= 15 is 0 Å². The maximum atomic E-state index is 13.2. The van der Waals surface area contributed by atoms with Crippen LogP contribution in [-0.4, -0.2) is 12.6 Å². The lowest BCUT2D eigenvalue weighted by Gasteiger charge is -2.28. The Balaban J connectivity index is 2.11. The molecule has 19 heavy (non-hydrogen) atoms. The zero-order valence-electron chi connectivity index (χ0n) is 11.8. The van der Waals surface area contributed by atoms with Crippen molar-refractivity contribution in [3.05, 3.63) is 34.1 Å². The highest BCUT2D eigenvalue weighted by Crippen LogP contribution is 2.35. The minimum absolute atomic E-state index is 0.176. The summed E-state index contributed by atoms with van der Waals surface area (Å²) in [5.74, 6) is 1.37. The second kappa shape index (κ2) is 6.85. The van der Waals surface area contributed by atoms with Crippen molar-refractivity contribution in [2.75, 3.05) is 6.54 Å². The number of hydrogen-bond donors (Lipinski definition) is 1. The molecule has 0 aromatic heterocycles. The van der Waals surface area contributed by atoms with Crippen LogP contribution in [0, 0.1) is 17.7 Å². The zero-order valence-corrected chi connectivity index (χ0v) is 13.3. The number of hydrogen-bond acceptors (Lipinski definition) is 1. The van der Waals surface area contributed by atoms with Crippen LogP contribution in [0.5, 0.6) is 0 Å². The fourth-order valence-corrected chi connectivity index (χ4v) is 3.85. The maximum Gasteiger partial charge on any atom is 0.124 e. The van der Waals surface area contributed by atoms with Crippen molar-refractivity contribution in [1.29, 1.82) is 0 Å². The Morgan fingerprint density at radius 2 is 2.21 bits per heavy atom. The highest BCUT2D eigenvalue weighted by atomic mass is 79.9. The lowest BCUT2D eigenvalue weighted by atomic mass is 9.86. The van der Waals surface area contributed by atoms with E-state index < -0.39 is 0 Å². The molecule has 0 bridgehead atoms. The van der Waals surface area contributed by atoms with Crippen molar-refractivity contribution < 1.29 is 4.39 Å². The third kappa shape index (κ3) is 3.79. The van der Waals surface area contributed by atoms with E-state index in [9.17, 15) is 4.39 Å². The van der Waals surface area contributed by atoms with Gasteiger partial charge in [-0.2, -0.15) is 0 Å². The average Bonchev–Trinajstić information content (AvgIpc) is 2.78. The van der Waals surface area contributed by atoms with Gasteiger partial charge in [0, 0.05) is 10.5 Å². The first-order valence-corrected chi connectivity index (χ1v) is 8.08. The molecule has 0 saturated heterocycles. The molecular weight excluding hydrogens is 305 g/mol. The van der Waals surface area contributed by atoms with Gasteiger partial charge in [-0.25, -0.2) is 4.39 Å². The monoisotopic (exact) mass is 327 g/mol. The van der Waals surface area contributed by atoms with Crippen LogP contribution < -0.4 is 5.32 Å². The van der Waals surface area contributed by atoms with E-state index in [1.54, 1.807) is 12.1 Å². The molecule has 1 aliphatic rings. The lowest BCUT2D eigenvalue weighted by Crippen LogP contribution is -2.39. The third-order valence-corrected chi connectivity index (χ3v) is 5.10. The molecule has 0 spiro atoms. The first kappa shape index (κ1) is 15.0. The van der Waals surface area contributed by atoms with Crippen LogP contribution in [0.1, 0.15) is 38.7 Å². The molecule has 3 unspecified atom stereocenters. The van der Waals surface area contributed by atoms with E-state index in [2.05, 4.69) is 35.1 Å². The van der Waals surface area contributed by atoms with Gasteiger partial charge >= 0.3 is 0 Å². The van der Waals surface area contributed by atoms with Gasteiger partial charge in [-0.15, -0.1) is 0 Å². The van der Waals surface area contributed by atoms with Crippen molar-refractivity contribution in [2.24, 2.45) is 11.8 Å². The summed E-state index contributed by atoms with van der Waals surface area (Å²) in [6.45, 7) is 5.51. The summed E-state index contributed by atoms with van der Waals surface area (Å²) in [6, 6.07) is 5.53. The largest absolute Gasteiger partial charge is 0.314 e. The summed E-state index contributed by atoms with van der Waals surface area (Å²) in [7, 11) is 0. The molecule has 1 fully saturated rings. The fraction of sp³-hybridized carbons (Fsp3) is 0.625. The smallest absolute Gasteiger partial charge is 0.124 e. The van der Waals surface area contributed by atoms with Crippen LogP contribution >= 0.6 is 15.9 Å². The summed E-state index contributed by atoms with van der Waals surface area (Å²) in [5.41, 5.74) is 1.20. The minimum Gasteiger partial charge on any atom is -0.314 e. The lowest BCUT2D eigenvalue weighted by molar-refractivity contribution is 0.298. The van der Waals surface area contributed by atoms with Crippen molar-refractivity contribution in [2.45, 2.75) is 45.6 Å². The van der Waals surface area contributed by atoms with E-state index in [0.717, 1.165) is 29.3 Å². The van der Waals surface area contributed by atoms with E-state index in [1.165, 1.54) is 24.8 Å². The van der Waals surface area contributed by atoms with E-state index in [4.69, 9.17) is 0 Å². The highest BCUT2D eigenvalue weighted by molar-refractivity contribution is 9.10. The Labute approximate surface area is 124 Å². The van der Waals surface area contributed by atoms with Crippen molar-refractivity contribution in [3.8, 4) is 0 Å². The summed E-state index contributed by atoms with van der Waals surface area (Å²) < 4.78 is 14.0. The predicted octanol–water partition coefficient (Wildman–Crippen LogP) is 4.55. The Morgan fingerprint density at radius 1 is 1.42 bits per heavy atom. The van der Waals surface area contributed by atoms with Gasteiger partial charge in [0.1, 0.15) is 5.82 Å². The fourth-order valence-electron chi connectivity index (χ4n) is 3.33. The second-order valence-electron chi connectivity index (χ2n) is 5.68. The first-order valence-electron chi connectivity index (χ1n) is 7.29. The standard InChI is InChI=1S/C16H23BrFN/c1-3-19-16(14-6-4-5-11(14)2)9-12-7-8-13(18)10-15(12)17/h7-8,10-11,14,16,19H,3-6,9H2,1-2H3. The number of nitrogens with one attached hydrogen (secondary N) is 1. The average molecular weight is 328 g/mol.